The Morgan fingerprint density at radius 2 is 2.14 bits per heavy atom. The highest BCUT2D eigenvalue weighted by molar-refractivity contribution is 5.97. The summed E-state index contributed by atoms with van der Waals surface area (Å²) >= 11 is 0. The van der Waals surface area contributed by atoms with E-state index in [-0.39, 0.29) is 11.8 Å². The molecule has 0 radical (unpaired) electrons. The normalized spacial score (nSPS) is 17.9. The molecule has 2 aromatic rings. The van der Waals surface area contributed by atoms with Gasteiger partial charge >= 0.3 is 0 Å². The summed E-state index contributed by atoms with van der Waals surface area (Å²) in [5.74, 6) is 2.25. The van der Waals surface area contributed by atoms with Gasteiger partial charge < -0.3 is 18.9 Å². The van der Waals surface area contributed by atoms with Gasteiger partial charge in [-0.25, -0.2) is 0 Å². The van der Waals surface area contributed by atoms with Crippen LogP contribution in [0.5, 0.6) is 11.5 Å². The lowest BCUT2D eigenvalue weighted by Crippen LogP contribution is -2.24. The number of aryl methyl sites for hydroxylation is 1. The van der Waals surface area contributed by atoms with E-state index in [0.717, 1.165) is 0 Å². The van der Waals surface area contributed by atoms with E-state index in [1.54, 1.807) is 38.2 Å². The van der Waals surface area contributed by atoms with Gasteiger partial charge in [-0.15, -0.1) is 0 Å². The molecule has 0 aliphatic carbocycles. The maximum atomic E-state index is 12.3. The minimum absolute atomic E-state index is 0.00400. The smallest absolute Gasteiger partial charge is 0.232 e. The number of carbonyl (C=O) groups excluding carboxylic acids is 1. The number of benzene rings is 1. The Bertz CT molecular complexity index is 698. The van der Waals surface area contributed by atoms with Crippen LogP contribution in [0.2, 0.25) is 0 Å². The molecule has 1 unspecified atom stereocenters. The predicted molar refractivity (Wildman–Crippen MR) is 78.3 cm³/mol. The fraction of sp³-hybridized carbons (Fsp3) is 0.400. The second-order valence-electron chi connectivity index (χ2n) is 5.12. The van der Waals surface area contributed by atoms with Crippen molar-refractivity contribution in [3.05, 3.63) is 29.9 Å². The molecular weight excluding hydrogens is 286 g/mol. The Morgan fingerprint density at radius 1 is 1.32 bits per heavy atom. The van der Waals surface area contributed by atoms with Crippen LogP contribution in [0.25, 0.3) is 0 Å². The fourth-order valence-electron chi connectivity index (χ4n) is 2.59. The summed E-state index contributed by atoms with van der Waals surface area (Å²) in [5.41, 5.74) is 0.715. The summed E-state index contributed by atoms with van der Waals surface area (Å²) in [6.45, 7) is 2.25. The van der Waals surface area contributed by atoms with Crippen LogP contribution in [0.4, 0.5) is 5.69 Å². The Balaban J connectivity index is 1.88. The number of hydrogen-bond donors (Lipinski definition) is 0. The van der Waals surface area contributed by atoms with E-state index >= 15 is 0 Å². The van der Waals surface area contributed by atoms with Gasteiger partial charge in [-0.1, -0.05) is 5.16 Å². The van der Waals surface area contributed by atoms with Crippen LogP contribution in [0.15, 0.2) is 22.7 Å². The van der Waals surface area contributed by atoms with Gasteiger partial charge in [0.2, 0.25) is 11.8 Å². The molecule has 0 bridgehead atoms. The van der Waals surface area contributed by atoms with Gasteiger partial charge in [0.15, 0.2) is 5.82 Å². The number of anilines is 1. The van der Waals surface area contributed by atoms with Gasteiger partial charge in [-0.2, -0.15) is 4.98 Å². The molecule has 2 heterocycles. The van der Waals surface area contributed by atoms with E-state index < -0.39 is 0 Å². The van der Waals surface area contributed by atoms with Crippen LogP contribution in [-0.4, -0.2) is 36.8 Å². The lowest BCUT2D eigenvalue weighted by Gasteiger charge is -2.19. The Morgan fingerprint density at radius 3 is 2.77 bits per heavy atom. The number of amides is 1. The highest BCUT2D eigenvalue weighted by Gasteiger charge is 2.36. The fourth-order valence-corrected chi connectivity index (χ4v) is 2.59. The molecule has 22 heavy (non-hydrogen) atoms. The summed E-state index contributed by atoms with van der Waals surface area (Å²) in [6, 6.07) is 5.37. The van der Waals surface area contributed by atoms with Gasteiger partial charge in [0.1, 0.15) is 11.5 Å². The van der Waals surface area contributed by atoms with Crippen molar-refractivity contribution in [2.75, 3.05) is 25.7 Å². The summed E-state index contributed by atoms with van der Waals surface area (Å²) in [4.78, 5) is 18.2. The standard InChI is InChI=1S/C15H17N3O4/c1-9-16-15(22-17-9)10-6-14(19)18(8-10)12-5-4-11(20-2)7-13(12)21-3/h4-5,7,10H,6,8H2,1-3H3. The lowest BCUT2D eigenvalue weighted by molar-refractivity contribution is -0.117. The first-order chi connectivity index (χ1) is 10.6. The molecule has 7 nitrogen and oxygen atoms in total. The van der Waals surface area contributed by atoms with Crippen molar-refractivity contribution in [3.8, 4) is 11.5 Å². The van der Waals surface area contributed by atoms with Crippen LogP contribution >= 0.6 is 0 Å². The lowest BCUT2D eigenvalue weighted by atomic mass is 10.1. The van der Waals surface area contributed by atoms with E-state index in [0.29, 0.717) is 41.9 Å². The average Bonchev–Trinajstić information content (AvgIpc) is 3.12. The van der Waals surface area contributed by atoms with Gasteiger partial charge in [-0.05, 0) is 19.1 Å². The molecule has 1 amide bonds. The molecule has 1 fully saturated rings. The van der Waals surface area contributed by atoms with E-state index in [4.69, 9.17) is 14.0 Å². The summed E-state index contributed by atoms with van der Waals surface area (Å²) < 4.78 is 15.7. The molecule has 1 aromatic carbocycles. The summed E-state index contributed by atoms with van der Waals surface area (Å²) in [6.07, 6.45) is 0.344. The number of methoxy groups -OCH3 is 2. The molecule has 3 rings (SSSR count). The second kappa shape index (κ2) is 5.67. The van der Waals surface area contributed by atoms with Crippen molar-refractivity contribution in [2.24, 2.45) is 0 Å². The van der Waals surface area contributed by atoms with E-state index in [1.165, 1.54) is 0 Å². The predicted octanol–water partition coefficient (Wildman–Crippen LogP) is 1.92. The third-order valence-electron chi connectivity index (χ3n) is 3.70. The third kappa shape index (κ3) is 2.49. The van der Waals surface area contributed by atoms with Gasteiger partial charge in [0.25, 0.3) is 0 Å². The SMILES string of the molecule is COc1ccc(N2CC(c3nc(C)no3)CC2=O)c(OC)c1. The minimum atomic E-state index is -0.0968. The monoisotopic (exact) mass is 303 g/mol. The van der Waals surface area contributed by atoms with Gasteiger partial charge in [0.05, 0.1) is 25.8 Å². The molecule has 1 aliphatic heterocycles. The molecule has 116 valence electrons. The van der Waals surface area contributed by atoms with Crippen LogP contribution in [0.1, 0.15) is 24.1 Å². The van der Waals surface area contributed by atoms with Gasteiger partial charge in [0, 0.05) is 19.0 Å². The van der Waals surface area contributed by atoms with Crippen molar-refractivity contribution >= 4 is 11.6 Å². The molecule has 1 aliphatic rings. The highest BCUT2D eigenvalue weighted by Crippen LogP contribution is 2.37. The number of carbonyl (C=O) groups is 1. The van der Waals surface area contributed by atoms with Crippen molar-refractivity contribution in [1.29, 1.82) is 0 Å². The van der Waals surface area contributed by atoms with E-state index in [9.17, 15) is 4.79 Å². The van der Waals surface area contributed by atoms with Crippen molar-refractivity contribution in [3.63, 3.8) is 0 Å². The van der Waals surface area contributed by atoms with E-state index in [2.05, 4.69) is 10.1 Å². The first-order valence-electron chi connectivity index (χ1n) is 6.95. The van der Waals surface area contributed by atoms with Crippen molar-refractivity contribution in [2.45, 2.75) is 19.3 Å². The highest BCUT2D eigenvalue weighted by atomic mass is 16.5. The maximum absolute atomic E-state index is 12.3. The maximum Gasteiger partial charge on any atom is 0.232 e. The molecule has 0 spiro atoms. The topological polar surface area (TPSA) is 77.7 Å². The first kappa shape index (κ1) is 14.4. The molecule has 1 aromatic heterocycles. The van der Waals surface area contributed by atoms with Crippen LogP contribution in [0, 0.1) is 6.92 Å². The molecular formula is C15H17N3O4. The van der Waals surface area contributed by atoms with Gasteiger partial charge in [-0.3, -0.25) is 4.79 Å². The first-order valence-corrected chi connectivity index (χ1v) is 6.95. The zero-order chi connectivity index (χ0) is 15.7. The number of rotatable bonds is 4. The number of aromatic nitrogens is 2. The Kier molecular flexibility index (Phi) is 3.70. The molecule has 1 saturated heterocycles. The average molecular weight is 303 g/mol. The van der Waals surface area contributed by atoms with Crippen LogP contribution in [0.3, 0.4) is 0 Å². The number of hydrogen-bond acceptors (Lipinski definition) is 6. The number of ether oxygens (including phenoxy) is 2. The van der Waals surface area contributed by atoms with Crippen LogP contribution < -0.4 is 14.4 Å². The largest absolute Gasteiger partial charge is 0.497 e. The third-order valence-corrected chi connectivity index (χ3v) is 3.70. The van der Waals surface area contributed by atoms with Crippen LogP contribution in [-0.2, 0) is 4.79 Å². The minimum Gasteiger partial charge on any atom is -0.497 e. The zero-order valence-electron chi connectivity index (χ0n) is 12.7. The van der Waals surface area contributed by atoms with Crippen molar-refractivity contribution < 1.29 is 18.8 Å². The summed E-state index contributed by atoms with van der Waals surface area (Å²) in [7, 11) is 3.15. The zero-order valence-corrected chi connectivity index (χ0v) is 12.7. The van der Waals surface area contributed by atoms with Crippen molar-refractivity contribution in [1.82, 2.24) is 10.1 Å². The Hall–Kier alpha value is -2.57. The molecule has 1 atom stereocenters. The second-order valence-corrected chi connectivity index (χ2v) is 5.12. The number of nitrogens with zero attached hydrogens (tertiary/aromatic N) is 3. The summed E-state index contributed by atoms with van der Waals surface area (Å²) in [5, 5.41) is 3.78. The quantitative estimate of drug-likeness (QED) is 0.858. The Labute approximate surface area is 127 Å². The molecule has 0 saturated carbocycles. The van der Waals surface area contributed by atoms with E-state index in [1.807, 2.05) is 6.07 Å². The molecule has 0 N–H and O–H groups in total. The molecule has 7 heteroatoms.